The Bertz CT molecular complexity index is 480. The van der Waals surface area contributed by atoms with Gasteiger partial charge in [-0.1, -0.05) is 30.3 Å². The Hall–Kier alpha value is -1.36. The molecule has 1 rings (SSSR count). The Morgan fingerprint density at radius 1 is 1.29 bits per heavy atom. The molecule has 1 aromatic rings. The normalized spacial score (nSPS) is 15.4. The second kappa shape index (κ2) is 8.17. The van der Waals surface area contributed by atoms with Crippen molar-refractivity contribution in [1.82, 2.24) is 10.6 Å². The zero-order valence-electron chi connectivity index (χ0n) is 13.6. The average molecular weight is 309 g/mol. The third kappa shape index (κ3) is 6.29. The summed E-state index contributed by atoms with van der Waals surface area (Å²) in [5.41, 5.74) is 1.21. The van der Waals surface area contributed by atoms with Crippen molar-refractivity contribution in [3.8, 4) is 0 Å². The fraction of sp³-hybridized carbons (Fsp3) is 0.562. The van der Waals surface area contributed by atoms with Crippen LogP contribution in [0.25, 0.3) is 0 Å². The number of nitrogens with one attached hydrogen (secondary N) is 2. The highest BCUT2D eigenvalue weighted by atomic mass is 32.2. The number of benzene rings is 1. The van der Waals surface area contributed by atoms with E-state index in [9.17, 15) is 4.21 Å². The lowest BCUT2D eigenvalue weighted by Gasteiger charge is -2.20. The van der Waals surface area contributed by atoms with Crippen LogP contribution in [-0.4, -0.2) is 34.3 Å². The molecule has 2 unspecified atom stereocenters. The molecule has 0 aromatic heterocycles. The zero-order valence-corrected chi connectivity index (χ0v) is 14.5. The lowest BCUT2D eigenvalue weighted by atomic mass is 10.1. The first kappa shape index (κ1) is 17.7. The van der Waals surface area contributed by atoms with Crippen molar-refractivity contribution in [1.29, 1.82) is 0 Å². The smallest absolute Gasteiger partial charge is 0.191 e. The van der Waals surface area contributed by atoms with E-state index in [1.807, 2.05) is 39.0 Å². The standard InChI is InChI=1S/C16H27N3OS/c1-13(14-9-7-6-8-10-14)19-15(17-5)18-11-12-21(20)16(2,3)4/h6-10,13H,11-12H2,1-5H3,(H2,17,18,19). The molecule has 2 N–H and O–H groups in total. The second-order valence-corrected chi connectivity index (χ2v) is 8.26. The van der Waals surface area contributed by atoms with Crippen molar-refractivity contribution in [3.05, 3.63) is 35.9 Å². The van der Waals surface area contributed by atoms with E-state index in [4.69, 9.17) is 0 Å². The van der Waals surface area contributed by atoms with Crippen LogP contribution in [0.2, 0.25) is 0 Å². The van der Waals surface area contributed by atoms with Crippen LogP contribution >= 0.6 is 0 Å². The minimum absolute atomic E-state index is 0.171. The fourth-order valence-corrected chi connectivity index (χ4v) is 2.69. The first-order valence-corrected chi connectivity index (χ1v) is 8.57. The molecule has 0 aliphatic carbocycles. The highest BCUT2D eigenvalue weighted by molar-refractivity contribution is 7.86. The van der Waals surface area contributed by atoms with Crippen LogP contribution in [0.1, 0.15) is 39.3 Å². The molecule has 0 aliphatic heterocycles. The van der Waals surface area contributed by atoms with Crippen LogP contribution in [-0.2, 0) is 10.8 Å². The van der Waals surface area contributed by atoms with Crippen molar-refractivity contribution in [3.63, 3.8) is 0 Å². The van der Waals surface area contributed by atoms with Crippen LogP contribution in [0.3, 0.4) is 0 Å². The van der Waals surface area contributed by atoms with Gasteiger partial charge in [0.05, 0.1) is 6.04 Å². The number of hydrogen-bond acceptors (Lipinski definition) is 2. The molecule has 4 nitrogen and oxygen atoms in total. The molecule has 0 saturated carbocycles. The molecule has 0 amide bonds. The van der Waals surface area contributed by atoms with Crippen molar-refractivity contribution >= 4 is 16.8 Å². The molecule has 0 aliphatic rings. The van der Waals surface area contributed by atoms with Gasteiger partial charge in [-0.2, -0.15) is 0 Å². The van der Waals surface area contributed by atoms with Gasteiger partial charge in [0.15, 0.2) is 5.96 Å². The van der Waals surface area contributed by atoms with Crippen LogP contribution in [0.4, 0.5) is 0 Å². The van der Waals surface area contributed by atoms with Gasteiger partial charge in [-0.3, -0.25) is 9.20 Å². The lowest BCUT2D eigenvalue weighted by Crippen LogP contribution is -2.41. The number of guanidine groups is 1. The van der Waals surface area contributed by atoms with Crippen molar-refractivity contribution in [2.24, 2.45) is 4.99 Å². The molecule has 0 saturated heterocycles. The third-order valence-electron chi connectivity index (χ3n) is 3.14. The maximum absolute atomic E-state index is 12.0. The summed E-state index contributed by atoms with van der Waals surface area (Å²) in [4.78, 5) is 4.21. The number of rotatable bonds is 5. The molecule has 0 fully saturated rings. The zero-order chi connectivity index (χ0) is 15.9. The molecule has 0 heterocycles. The fourth-order valence-electron chi connectivity index (χ4n) is 1.79. The van der Waals surface area contributed by atoms with Gasteiger partial charge in [-0.05, 0) is 33.3 Å². The second-order valence-electron chi connectivity index (χ2n) is 5.94. The average Bonchev–Trinajstić information content (AvgIpc) is 2.45. The minimum Gasteiger partial charge on any atom is -0.355 e. The summed E-state index contributed by atoms with van der Waals surface area (Å²) in [6, 6.07) is 10.4. The van der Waals surface area contributed by atoms with E-state index >= 15 is 0 Å². The predicted octanol–water partition coefficient (Wildman–Crippen LogP) is 2.46. The number of aliphatic imine (C=N–C) groups is 1. The van der Waals surface area contributed by atoms with Crippen LogP contribution in [0, 0.1) is 0 Å². The van der Waals surface area contributed by atoms with Crippen molar-refractivity contribution < 1.29 is 4.21 Å². The summed E-state index contributed by atoms with van der Waals surface area (Å²) in [5, 5.41) is 6.55. The van der Waals surface area contributed by atoms with Gasteiger partial charge in [-0.15, -0.1) is 0 Å². The van der Waals surface area contributed by atoms with E-state index < -0.39 is 10.8 Å². The highest BCUT2D eigenvalue weighted by Crippen LogP contribution is 2.11. The van der Waals surface area contributed by atoms with E-state index in [-0.39, 0.29) is 10.8 Å². The summed E-state index contributed by atoms with van der Waals surface area (Å²) in [7, 11) is 0.894. The molecular weight excluding hydrogens is 282 g/mol. The Balaban J connectivity index is 2.45. The molecule has 5 heteroatoms. The first-order chi connectivity index (χ1) is 9.84. The van der Waals surface area contributed by atoms with E-state index in [1.165, 1.54) is 5.56 Å². The maximum atomic E-state index is 12.0. The van der Waals surface area contributed by atoms with E-state index in [1.54, 1.807) is 7.05 Å². The molecule has 118 valence electrons. The summed E-state index contributed by atoms with van der Waals surface area (Å²) in [6.45, 7) is 8.72. The van der Waals surface area contributed by atoms with E-state index in [2.05, 4.69) is 34.7 Å². The Morgan fingerprint density at radius 3 is 2.43 bits per heavy atom. The third-order valence-corrected chi connectivity index (χ3v) is 5.08. The Labute approximate surface area is 130 Å². The summed E-state index contributed by atoms with van der Waals surface area (Å²) >= 11 is 0. The van der Waals surface area contributed by atoms with Gasteiger partial charge in [0.25, 0.3) is 0 Å². The van der Waals surface area contributed by atoms with Gasteiger partial charge in [0.2, 0.25) is 0 Å². The van der Waals surface area contributed by atoms with Gasteiger partial charge in [-0.25, -0.2) is 0 Å². The minimum atomic E-state index is -0.850. The summed E-state index contributed by atoms with van der Waals surface area (Å²) in [5.74, 6) is 1.35. The molecule has 1 aromatic carbocycles. The molecule has 0 radical (unpaired) electrons. The molecule has 0 spiro atoms. The van der Waals surface area contributed by atoms with Crippen LogP contribution in [0.5, 0.6) is 0 Å². The molecule has 21 heavy (non-hydrogen) atoms. The summed E-state index contributed by atoms with van der Waals surface area (Å²) in [6.07, 6.45) is 0. The number of hydrogen-bond donors (Lipinski definition) is 2. The van der Waals surface area contributed by atoms with Gasteiger partial charge < -0.3 is 10.6 Å². The lowest BCUT2D eigenvalue weighted by molar-refractivity contribution is 0.645. The Kier molecular flexibility index (Phi) is 6.89. The maximum Gasteiger partial charge on any atom is 0.191 e. The molecule has 0 bridgehead atoms. The van der Waals surface area contributed by atoms with Crippen LogP contribution in [0.15, 0.2) is 35.3 Å². The predicted molar refractivity (Wildman–Crippen MR) is 92.1 cm³/mol. The molecular formula is C16H27N3OS. The van der Waals surface area contributed by atoms with Gasteiger partial charge >= 0.3 is 0 Å². The van der Waals surface area contributed by atoms with Crippen molar-refractivity contribution in [2.45, 2.75) is 38.5 Å². The monoisotopic (exact) mass is 309 g/mol. The number of nitrogens with zero attached hydrogens (tertiary/aromatic N) is 1. The SMILES string of the molecule is CN=C(NCCS(=O)C(C)(C)C)NC(C)c1ccccc1. The Morgan fingerprint density at radius 2 is 1.90 bits per heavy atom. The molecule has 2 atom stereocenters. The quantitative estimate of drug-likeness (QED) is 0.649. The van der Waals surface area contributed by atoms with E-state index in [0.29, 0.717) is 12.3 Å². The van der Waals surface area contributed by atoms with Crippen LogP contribution < -0.4 is 10.6 Å². The first-order valence-electron chi connectivity index (χ1n) is 7.25. The van der Waals surface area contributed by atoms with Gasteiger partial charge in [0, 0.05) is 34.9 Å². The highest BCUT2D eigenvalue weighted by Gasteiger charge is 2.18. The van der Waals surface area contributed by atoms with E-state index in [0.717, 1.165) is 5.96 Å². The largest absolute Gasteiger partial charge is 0.355 e. The topological polar surface area (TPSA) is 53.5 Å². The van der Waals surface area contributed by atoms with Gasteiger partial charge in [0.1, 0.15) is 0 Å². The summed E-state index contributed by atoms with van der Waals surface area (Å²) < 4.78 is 11.8. The van der Waals surface area contributed by atoms with Crippen molar-refractivity contribution in [2.75, 3.05) is 19.3 Å².